The summed E-state index contributed by atoms with van der Waals surface area (Å²) < 4.78 is 27.5. The topological polar surface area (TPSA) is 99.1 Å². The summed E-state index contributed by atoms with van der Waals surface area (Å²) in [5.74, 6) is -0.340. The molecule has 130 valence electrons. The smallest absolute Gasteiger partial charge is 0.261 e. The Labute approximate surface area is 147 Å². The zero-order valence-electron chi connectivity index (χ0n) is 14.0. The Morgan fingerprint density at radius 2 is 1.80 bits per heavy atom. The van der Waals surface area contributed by atoms with E-state index in [2.05, 4.69) is 10.0 Å². The van der Waals surface area contributed by atoms with E-state index in [-0.39, 0.29) is 28.1 Å². The zero-order valence-corrected chi connectivity index (χ0v) is 14.8. The lowest BCUT2D eigenvalue weighted by atomic mass is 10.1. The van der Waals surface area contributed by atoms with Crippen LogP contribution in [0.2, 0.25) is 0 Å². The zero-order chi connectivity index (χ0) is 18.4. The van der Waals surface area contributed by atoms with Gasteiger partial charge in [-0.2, -0.15) is 5.26 Å². The van der Waals surface area contributed by atoms with Crippen molar-refractivity contribution in [1.82, 2.24) is 5.32 Å². The molecule has 0 saturated heterocycles. The first-order chi connectivity index (χ1) is 11.9. The summed E-state index contributed by atoms with van der Waals surface area (Å²) in [5.41, 5.74) is 0.819. The third kappa shape index (κ3) is 4.58. The monoisotopic (exact) mass is 357 g/mol. The fraction of sp³-hybridized carbons (Fsp3) is 0.222. The molecule has 0 aliphatic heterocycles. The van der Waals surface area contributed by atoms with Crippen molar-refractivity contribution in [2.24, 2.45) is 0 Å². The van der Waals surface area contributed by atoms with E-state index in [0.29, 0.717) is 5.56 Å². The first kappa shape index (κ1) is 18.5. The summed E-state index contributed by atoms with van der Waals surface area (Å²) >= 11 is 0. The number of nitriles is 1. The van der Waals surface area contributed by atoms with Crippen molar-refractivity contribution in [1.29, 1.82) is 5.26 Å². The lowest BCUT2D eigenvalue weighted by molar-refractivity contribution is 0.0940. The van der Waals surface area contributed by atoms with E-state index in [1.54, 1.807) is 18.2 Å². The summed E-state index contributed by atoms with van der Waals surface area (Å²) in [4.78, 5) is 12.4. The van der Waals surface area contributed by atoms with Crippen LogP contribution in [-0.4, -0.2) is 20.4 Å². The van der Waals surface area contributed by atoms with Crippen LogP contribution < -0.4 is 10.0 Å². The third-order valence-corrected chi connectivity index (χ3v) is 5.08. The number of hydrogen-bond acceptors (Lipinski definition) is 4. The van der Waals surface area contributed by atoms with Gasteiger partial charge in [0.15, 0.2) is 0 Å². The van der Waals surface area contributed by atoms with Crippen LogP contribution in [0.25, 0.3) is 0 Å². The molecule has 0 aliphatic carbocycles. The summed E-state index contributed by atoms with van der Waals surface area (Å²) in [6.07, 6.45) is 0.769. The summed E-state index contributed by atoms with van der Waals surface area (Å²) in [6.45, 7) is 3.83. The number of amides is 1. The molecular formula is C18H19N3O3S. The highest BCUT2D eigenvalue weighted by Crippen LogP contribution is 2.20. The minimum Gasteiger partial charge on any atom is -0.350 e. The SMILES string of the molecule is CC[C@H](C)NC(=O)c1ccccc1NS(=O)(=O)c1ccc(C#N)cc1. The maximum absolute atomic E-state index is 12.5. The molecule has 0 saturated carbocycles. The van der Waals surface area contributed by atoms with E-state index in [9.17, 15) is 13.2 Å². The van der Waals surface area contributed by atoms with Gasteiger partial charge in [-0.15, -0.1) is 0 Å². The number of carbonyl (C=O) groups is 1. The van der Waals surface area contributed by atoms with Gasteiger partial charge in [0.25, 0.3) is 15.9 Å². The second-order valence-electron chi connectivity index (χ2n) is 5.57. The molecule has 0 fully saturated rings. The first-order valence-electron chi connectivity index (χ1n) is 7.80. The quantitative estimate of drug-likeness (QED) is 0.830. The molecule has 1 amide bonds. The van der Waals surface area contributed by atoms with Crippen LogP contribution in [-0.2, 0) is 10.0 Å². The summed E-state index contributed by atoms with van der Waals surface area (Å²) in [6, 6.07) is 13.9. The fourth-order valence-electron chi connectivity index (χ4n) is 2.09. The van der Waals surface area contributed by atoms with Crippen molar-refractivity contribution < 1.29 is 13.2 Å². The van der Waals surface area contributed by atoms with E-state index in [4.69, 9.17) is 5.26 Å². The first-order valence-corrected chi connectivity index (χ1v) is 9.28. The largest absolute Gasteiger partial charge is 0.350 e. The van der Waals surface area contributed by atoms with Crippen molar-refractivity contribution >= 4 is 21.6 Å². The van der Waals surface area contributed by atoms with E-state index in [1.165, 1.54) is 30.3 Å². The Morgan fingerprint density at radius 1 is 1.16 bits per heavy atom. The molecule has 0 aliphatic rings. The molecule has 2 N–H and O–H groups in total. The van der Waals surface area contributed by atoms with Crippen LogP contribution in [0.4, 0.5) is 5.69 Å². The van der Waals surface area contributed by atoms with Gasteiger partial charge in [0.2, 0.25) is 0 Å². The minimum atomic E-state index is -3.87. The van der Waals surface area contributed by atoms with Crippen LogP contribution in [0.3, 0.4) is 0 Å². The molecule has 2 rings (SSSR count). The minimum absolute atomic E-state index is 0.0173. The van der Waals surface area contributed by atoms with Crippen molar-refractivity contribution in [2.45, 2.75) is 31.2 Å². The molecule has 6 nitrogen and oxygen atoms in total. The van der Waals surface area contributed by atoms with E-state index < -0.39 is 10.0 Å². The molecular weight excluding hydrogens is 338 g/mol. The van der Waals surface area contributed by atoms with Gasteiger partial charge in [-0.05, 0) is 49.7 Å². The Balaban J connectivity index is 2.30. The number of nitrogens with one attached hydrogen (secondary N) is 2. The van der Waals surface area contributed by atoms with Crippen molar-refractivity contribution in [2.75, 3.05) is 4.72 Å². The van der Waals surface area contributed by atoms with Gasteiger partial charge in [0, 0.05) is 6.04 Å². The molecule has 2 aromatic rings. The summed E-state index contributed by atoms with van der Waals surface area (Å²) in [5, 5.41) is 11.6. The van der Waals surface area contributed by atoms with Crippen LogP contribution >= 0.6 is 0 Å². The number of nitrogens with zero attached hydrogens (tertiary/aromatic N) is 1. The highest BCUT2D eigenvalue weighted by molar-refractivity contribution is 7.92. The second kappa shape index (κ2) is 7.81. The Bertz CT molecular complexity index is 900. The van der Waals surface area contributed by atoms with Gasteiger partial charge >= 0.3 is 0 Å². The lowest BCUT2D eigenvalue weighted by Crippen LogP contribution is -2.32. The Kier molecular flexibility index (Phi) is 5.78. The van der Waals surface area contributed by atoms with E-state index in [0.717, 1.165) is 6.42 Å². The van der Waals surface area contributed by atoms with Crippen molar-refractivity contribution in [3.8, 4) is 6.07 Å². The number of para-hydroxylation sites is 1. The van der Waals surface area contributed by atoms with Crippen LogP contribution in [0.5, 0.6) is 0 Å². The standard InChI is InChI=1S/C18H19N3O3S/c1-3-13(2)20-18(22)16-6-4-5-7-17(16)21-25(23,24)15-10-8-14(12-19)9-11-15/h4-11,13,21H,3H2,1-2H3,(H,20,22)/t13-/m0/s1. The van der Waals surface area contributed by atoms with Gasteiger partial charge < -0.3 is 5.32 Å². The van der Waals surface area contributed by atoms with Crippen molar-refractivity contribution in [3.05, 3.63) is 59.7 Å². The highest BCUT2D eigenvalue weighted by Gasteiger charge is 2.19. The lowest BCUT2D eigenvalue weighted by Gasteiger charge is -2.15. The number of benzene rings is 2. The van der Waals surface area contributed by atoms with Crippen LogP contribution in [0, 0.1) is 11.3 Å². The second-order valence-corrected chi connectivity index (χ2v) is 7.25. The molecule has 0 unspecified atom stereocenters. The normalized spacial score (nSPS) is 12.0. The molecule has 0 spiro atoms. The molecule has 0 heterocycles. The van der Waals surface area contributed by atoms with Gasteiger partial charge in [-0.25, -0.2) is 8.42 Å². The summed E-state index contributed by atoms with van der Waals surface area (Å²) in [7, 11) is -3.87. The Morgan fingerprint density at radius 3 is 2.40 bits per heavy atom. The predicted molar refractivity (Wildman–Crippen MR) is 95.6 cm³/mol. The predicted octanol–water partition coefficient (Wildman–Crippen LogP) is 2.89. The van der Waals surface area contributed by atoms with Gasteiger partial charge in [0.1, 0.15) is 0 Å². The average molecular weight is 357 g/mol. The molecule has 1 atom stereocenters. The van der Waals surface area contributed by atoms with Gasteiger partial charge in [-0.1, -0.05) is 19.1 Å². The fourth-order valence-corrected chi connectivity index (χ4v) is 3.17. The molecule has 7 heteroatoms. The third-order valence-electron chi connectivity index (χ3n) is 3.70. The molecule has 0 bridgehead atoms. The number of rotatable bonds is 6. The van der Waals surface area contributed by atoms with Crippen LogP contribution in [0.1, 0.15) is 36.2 Å². The van der Waals surface area contributed by atoms with E-state index in [1.807, 2.05) is 19.9 Å². The number of carbonyl (C=O) groups excluding carboxylic acids is 1. The highest BCUT2D eigenvalue weighted by atomic mass is 32.2. The maximum atomic E-state index is 12.5. The van der Waals surface area contributed by atoms with Crippen LogP contribution in [0.15, 0.2) is 53.4 Å². The van der Waals surface area contributed by atoms with E-state index >= 15 is 0 Å². The van der Waals surface area contributed by atoms with Gasteiger partial charge in [-0.3, -0.25) is 9.52 Å². The molecule has 0 aromatic heterocycles. The molecule has 0 radical (unpaired) electrons. The number of sulfonamides is 1. The molecule has 25 heavy (non-hydrogen) atoms. The Hall–Kier alpha value is -2.85. The number of hydrogen-bond donors (Lipinski definition) is 2. The van der Waals surface area contributed by atoms with Gasteiger partial charge in [0.05, 0.1) is 27.8 Å². The average Bonchev–Trinajstić information content (AvgIpc) is 2.61. The molecule has 2 aromatic carbocycles. The maximum Gasteiger partial charge on any atom is 0.261 e. The van der Waals surface area contributed by atoms with Crippen molar-refractivity contribution in [3.63, 3.8) is 0 Å². The number of anilines is 1.